The Bertz CT molecular complexity index is 667. The van der Waals surface area contributed by atoms with Crippen LogP contribution in [0.3, 0.4) is 0 Å². The van der Waals surface area contributed by atoms with Crippen LogP contribution in [0.2, 0.25) is 0 Å². The first-order valence-electron chi connectivity index (χ1n) is 5.92. The fraction of sp³-hybridized carbons (Fsp3) is 0.231. The van der Waals surface area contributed by atoms with Gasteiger partial charge >= 0.3 is 0 Å². The highest BCUT2D eigenvalue weighted by atomic mass is 32.1. The number of nitrogens with one attached hydrogen (secondary N) is 1. The molecule has 1 amide bonds. The van der Waals surface area contributed by atoms with Crippen LogP contribution in [0.1, 0.15) is 25.8 Å². The first-order chi connectivity index (χ1) is 9.47. The van der Waals surface area contributed by atoms with Gasteiger partial charge in [-0.3, -0.25) is 19.9 Å². The Morgan fingerprint density at radius 1 is 1.45 bits per heavy atom. The monoisotopic (exact) mass is 291 g/mol. The lowest BCUT2D eigenvalue weighted by atomic mass is 10.2. The minimum atomic E-state index is -0.564. The van der Waals surface area contributed by atoms with Gasteiger partial charge in [0.05, 0.1) is 22.7 Å². The average Bonchev–Trinajstić information content (AvgIpc) is 2.82. The molecule has 0 aromatic carbocycles. The fourth-order valence-electron chi connectivity index (χ4n) is 1.69. The van der Waals surface area contributed by atoms with E-state index in [-0.39, 0.29) is 17.2 Å². The third-order valence-electron chi connectivity index (χ3n) is 2.75. The van der Waals surface area contributed by atoms with Crippen LogP contribution in [0.25, 0.3) is 0 Å². The molecule has 0 saturated carbocycles. The molecule has 0 aliphatic rings. The standard InChI is InChI=1S/C13H13N3O3S/c1-8-3-4-11(20-8)7-15-13(17)12-5-10(16(18)19)6-14-9(12)2/h3-6H,7H2,1-2H3,(H,15,17). The SMILES string of the molecule is Cc1ccc(CNC(=O)c2cc([N+](=O)[O-])cnc2C)s1. The number of pyridine rings is 1. The van der Waals surface area contributed by atoms with E-state index in [0.717, 1.165) is 11.1 Å². The maximum atomic E-state index is 12.1. The number of aromatic nitrogens is 1. The Kier molecular flexibility index (Phi) is 4.09. The van der Waals surface area contributed by atoms with Gasteiger partial charge in [0.2, 0.25) is 0 Å². The molecule has 2 heterocycles. The van der Waals surface area contributed by atoms with E-state index in [4.69, 9.17) is 0 Å². The highest BCUT2D eigenvalue weighted by Gasteiger charge is 2.15. The first-order valence-corrected chi connectivity index (χ1v) is 6.73. The summed E-state index contributed by atoms with van der Waals surface area (Å²) in [6.45, 7) is 4.04. The third kappa shape index (κ3) is 3.18. The lowest BCUT2D eigenvalue weighted by Crippen LogP contribution is -2.23. The van der Waals surface area contributed by atoms with E-state index in [0.29, 0.717) is 12.2 Å². The smallest absolute Gasteiger partial charge is 0.288 e. The molecule has 0 atom stereocenters. The van der Waals surface area contributed by atoms with Gasteiger partial charge < -0.3 is 5.32 Å². The summed E-state index contributed by atoms with van der Waals surface area (Å²) < 4.78 is 0. The second-order valence-electron chi connectivity index (χ2n) is 4.28. The zero-order valence-electron chi connectivity index (χ0n) is 11.0. The Morgan fingerprint density at radius 3 is 2.80 bits per heavy atom. The highest BCUT2D eigenvalue weighted by molar-refractivity contribution is 7.11. The summed E-state index contributed by atoms with van der Waals surface area (Å²) in [5, 5.41) is 13.4. The molecule has 2 rings (SSSR count). The van der Waals surface area contributed by atoms with E-state index in [1.807, 2.05) is 19.1 Å². The van der Waals surface area contributed by atoms with E-state index in [2.05, 4.69) is 10.3 Å². The lowest BCUT2D eigenvalue weighted by molar-refractivity contribution is -0.385. The quantitative estimate of drug-likeness (QED) is 0.693. The van der Waals surface area contributed by atoms with Crippen molar-refractivity contribution in [2.75, 3.05) is 0 Å². The molecule has 6 nitrogen and oxygen atoms in total. The molecule has 0 saturated heterocycles. The molecule has 0 aliphatic heterocycles. The molecular weight excluding hydrogens is 278 g/mol. The molecule has 2 aromatic rings. The largest absolute Gasteiger partial charge is 0.347 e. The van der Waals surface area contributed by atoms with Crippen molar-refractivity contribution in [1.29, 1.82) is 0 Å². The van der Waals surface area contributed by atoms with E-state index < -0.39 is 4.92 Å². The molecular formula is C13H13N3O3S. The van der Waals surface area contributed by atoms with Crippen LogP contribution in [0.4, 0.5) is 5.69 Å². The van der Waals surface area contributed by atoms with Crippen molar-refractivity contribution in [3.8, 4) is 0 Å². The summed E-state index contributed by atoms with van der Waals surface area (Å²) >= 11 is 1.60. The Morgan fingerprint density at radius 2 is 2.20 bits per heavy atom. The zero-order chi connectivity index (χ0) is 14.7. The second-order valence-corrected chi connectivity index (χ2v) is 5.65. The van der Waals surface area contributed by atoms with Gasteiger partial charge in [-0.25, -0.2) is 0 Å². The Labute approximate surface area is 119 Å². The van der Waals surface area contributed by atoms with Gasteiger partial charge in [0.1, 0.15) is 6.20 Å². The van der Waals surface area contributed by atoms with Crippen LogP contribution in [0.15, 0.2) is 24.4 Å². The van der Waals surface area contributed by atoms with Gasteiger partial charge in [-0.05, 0) is 26.0 Å². The van der Waals surface area contributed by atoms with Crippen LogP contribution in [0.5, 0.6) is 0 Å². The minimum absolute atomic E-state index is 0.187. The van der Waals surface area contributed by atoms with Gasteiger partial charge in [0.25, 0.3) is 11.6 Å². The molecule has 0 fully saturated rings. The molecule has 0 spiro atoms. The van der Waals surface area contributed by atoms with Gasteiger partial charge in [-0.1, -0.05) is 0 Å². The summed E-state index contributed by atoms with van der Waals surface area (Å²) in [4.78, 5) is 28.3. The van der Waals surface area contributed by atoms with Crippen LogP contribution in [-0.4, -0.2) is 15.8 Å². The summed E-state index contributed by atoms with van der Waals surface area (Å²) in [5.41, 5.74) is 0.510. The van der Waals surface area contributed by atoms with Crippen molar-refractivity contribution in [2.24, 2.45) is 0 Å². The van der Waals surface area contributed by atoms with Crippen LogP contribution in [0, 0.1) is 24.0 Å². The van der Waals surface area contributed by atoms with E-state index >= 15 is 0 Å². The van der Waals surface area contributed by atoms with Gasteiger partial charge in [-0.2, -0.15) is 0 Å². The third-order valence-corrected chi connectivity index (χ3v) is 3.75. The number of rotatable bonds is 4. The van der Waals surface area contributed by atoms with E-state index in [1.165, 1.54) is 10.9 Å². The first kappa shape index (κ1) is 14.1. The summed E-state index contributed by atoms with van der Waals surface area (Å²) in [7, 11) is 0. The average molecular weight is 291 g/mol. The predicted octanol–water partition coefficient (Wildman–Crippen LogP) is 2.60. The normalized spacial score (nSPS) is 10.3. The topological polar surface area (TPSA) is 85.1 Å². The number of thiophene rings is 1. The molecule has 0 unspecified atom stereocenters. The number of hydrogen-bond donors (Lipinski definition) is 1. The number of aryl methyl sites for hydroxylation is 2. The van der Waals surface area contributed by atoms with E-state index in [1.54, 1.807) is 18.3 Å². The van der Waals surface area contributed by atoms with Crippen molar-refractivity contribution < 1.29 is 9.72 Å². The molecule has 0 radical (unpaired) electrons. The maximum absolute atomic E-state index is 12.1. The van der Waals surface area contributed by atoms with Gasteiger partial charge in [0, 0.05) is 15.8 Å². The summed E-state index contributed by atoms with van der Waals surface area (Å²) in [5.74, 6) is -0.357. The number of carbonyl (C=O) groups is 1. The van der Waals surface area contributed by atoms with Crippen molar-refractivity contribution >= 4 is 22.9 Å². The minimum Gasteiger partial charge on any atom is -0.347 e. The number of carbonyl (C=O) groups excluding carboxylic acids is 1. The van der Waals surface area contributed by atoms with Crippen LogP contribution in [-0.2, 0) is 6.54 Å². The van der Waals surface area contributed by atoms with Crippen molar-refractivity contribution in [3.63, 3.8) is 0 Å². The van der Waals surface area contributed by atoms with Crippen molar-refractivity contribution in [1.82, 2.24) is 10.3 Å². The molecule has 104 valence electrons. The predicted molar refractivity (Wildman–Crippen MR) is 75.9 cm³/mol. The molecule has 0 aliphatic carbocycles. The van der Waals surface area contributed by atoms with Gasteiger partial charge in [-0.15, -0.1) is 11.3 Å². The molecule has 1 N–H and O–H groups in total. The van der Waals surface area contributed by atoms with Crippen LogP contribution >= 0.6 is 11.3 Å². The summed E-state index contributed by atoms with van der Waals surface area (Å²) in [6, 6.07) is 5.17. The maximum Gasteiger partial charge on any atom is 0.288 e. The molecule has 7 heteroatoms. The molecule has 2 aromatic heterocycles. The lowest BCUT2D eigenvalue weighted by Gasteiger charge is -2.06. The van der Waals surface area contributed by atoms with Crippen molar-refractivity contribution in [3.05, 3.63) is 55.5 Å². The molecule has 20 heavy (non-hydrogen) atoms. The van der Waals surface area contributed by atoms with Gasteiger partial charge in [0.15, 0.2) is 0 Å². The Balaban J connectivity index is 2.12. The van der Waals surface area contributed by atoms with Crippen LogP contribution < -0.4 is 5.32 Å². The Hall–Kier alpha value is -2.28. The summed E-state index contributed by atoms with van der Waals surface area (Å²) in [6.07, 6.45) is 1.15. The fourth-order valence-corrected chi connectivity index (χ4v) is 2.52. The van der Waals surface area contributed by atoms with Crippen molar-refractivity contribution in [2.45, 2.75) is 20.4 Å². The highest BCUT2D eigenvalue weighted by Crippen LogP contribution is 2.16. The number of nitrogens with zero attached hydrogens (tertiary/aromatic N) is 2. The molecule has 0 bridgehead atoms. The number of hydrogen-bond acceptors (Lipinski definition) is 5. The zero-order valence-corrected chi connectivity index (χ0v) is 11.9. The van der Waals surface area contributed by atoms with E-state index in [9.17, 15) is 14.9 Å². The number of nitro groups is 1. The second kappa shape index (κ2) is 5.79. The number of amides is 1.